The number of aromatic nitrogens is 1. The fourth-order valence-electron chi connectivity index (χ4n) is 2.33. The van der Waals surface area contributed by atoms with Gasteiger partial charge >= 0.3 is 5.97 Å². The second kappa shape index (κ2) is 5.40. The van der Waals surface area contributed by atoms with E-state index < -0.39 is 11.8 Å². The summed E-state index contributed by atoms with van der Waals surface area (Å²) in [4.78, 5) is 27.2. The third kappa shape index (κ3) is 2.14. The molecule has 0 aliphatic heterocycles. The lowest BCUT2D eigenvalue weighted by molar-refractivity contribution is -0.135. The molecule has 6 heteroatoms. The maximum Gasteiger partial charge on any atom is 0.379 e. The van der Waals surface area contributed by atoms with E-state index in [9.17, 15) is 9.59 Å². The van der Waals surface area contributed by atoms with Crippen molar-refractivity contribution in [1.29, 1.82) is 0 Å². The predicted octanol–water partition coefficient (Wildman–Crippen LogP) is 2.79. The first-order chi connectivity index (χ1) is 10.7. The molecule has 0 atom stereocenters. The van der Waals surface area contributed by atoms with Gasteiger partial charge in [-0.25, -0.2) is 4.79 Å². The van der Waals surface area contributed by atoms with Gasteiger partial charge in [0.05, 0.1) is 31.7 Å². The number of hydrogen-bond donors (Lipinski definition) is 1. The first-order valence-electron chi connectivity index (χ1n) is 6.52. The van der Waals surface area contributed by atoms with Gasteiger partial charge in [0.25, 0.3) is 5.78 Å². The molecule has 0 fully saturated rings. The number of aromatic amines is 1. The van der Waals surface area contributed by atoms with Gasteiger partial charge in [0.15, 0.2) is 5.76 Å². The summed E-state index contributed by atoms with van der Waals surface area (Å²) in [6, 6.07) is 8.63. The highest BCUT2D eigenvalue weighted by Crippen LogP contribution is 2.33. The molecule has 0 radical (unpaired) electrons. The Bertz CT molecular complexity index is 845. The molecule has 3 aromatic rings. The number of carbonyl (C=O) groups excluding carboxylic acids is 2. The standard InChI is InChI=1S/C16H13NO5/c1-20-9-5-6-11-10(8-9)13(15(18)16(19)21-2)14(17-11)12-4-3-7-22-12/h3-8,17H,1-2H3. The molecular formula is C16H13NO5. The van der Waals surface area contributed by atoms with Crippen molar-refractivity contribution in [1.82, 2.24) is 4.98 Å². The average molecular weight is 299 g/mol. The van der Waals surface area contributed by atoms with Gasteiger partial charge in [-0.15, -0.1) is 0 Å². The van der Waals surface area contributed by atoms with Crippen molar-refractivity contribution >= 4 is 22.7 Å². The van der Waals surface area contributed by atoms with Crippen LogP contribution in [0.15, 0.2) is 41.0 Å². The molecule has 0 saturated heterocycles. The number of hydrogen-bond acceptors (Lipinski definition) is 5. The van der Waals surface area contributed by atoms with E-state index >= 15 is 0 Å². The van der Waals surface area contributed by atoms with Crippen LogP contribution in [0.25, 0.3) is 22.4 Å². The van der Waals surface area contributed by atoms with Crippen LogP contribution in [0, 0.1) is 0 Å². The van der Waals surface area contributed by atoms with Crippen LogP contribution in [0.3, 0.4) is 0 Å². The molecule has 0 aliphatic carbocycles. The first kappa shape index (κ1) is 13.9. The molecule has 0 bridgehead atoms. The monoisotopic (exact) mass is 299 g/mol. The fourth-order valence-corrected chi connectivity index (χ4v) is 2.33. The van der Waals surface area contributed by atoms with Crippen molar-refractivity contribution in [3.05, 3.63) is 42.2 Å². The Balaban J connectivity index is 2.30. The summed E-state index contributed by atoms with van der Waals surface area (Å²) in [6.45, 7) is 0. The summed E-state index contributed by atoms with van der Waals surface area (Å²) in [7, 11) is 2.70. The van der Waals surface area contributed by atoms with Crippen molar-refractivity contribution in [3.63, 3.8) is 0 Å². The molecular weight excluding hydrogens is 286 g/mol. The van der Waals surface area contributed by atoms with Crippen molar-refractivity contribution in [2.75, 3.05) is 14.2 Å². The minimum atomic E-state index is -0.934. The van der Waals surface area contributed by atoms with Crippen LogP contribution in [0.5, 0.6) is 5.75 Å². The number of esters is 1. The van der Waals surface area contributed by atoms with Crippen LogP contribution < -0.4 is 4.74 Å². The first-order valence-corrected chi connectivity index (χ1v) is 6.52. The summed E-state index contributed by atoms with van der Waals surface area (Å²) in [6.07, 6.45) is 1.49. The van der Waals surface area contributed by atoms with E-state index in [0.717, 1.165) is 0 Å². The lowest BCUT2D eigenvalue weighted by atomic mass is 10.0. The molecule has 2 heterocycles. The Morgan fingerprint density at radius 3 is 2.64 bits per heavy atom. The molecule has 3 rings (SSSR count). The van der Waals surface area contributed by atoms with Gasteiger partial charge < -0.3 is 18.9 Å². The number of ketones is 1. The molecule has 1 N–H and O–H groups in total. The van der Waals surface area contributed by atoms with Gasteiger partial charge in [-0.05, 0) is 30.3 Å². The summed E-state index contributed by atoms with van der Waals surface area (Å²) in [5.74, 6) is -0.635. The number of benzene rings is 1. The number of methoxy groups -OCH3 is 2. The Morgan fingerprint density at radius 1 is 1.18 bits per heavy atom. The number of H-pyrrole nitrogens is 1. The van der Waals surface area contributed by atoms with Gasteiger partial charge in [-0.3, -0.25) is 4.79 Å². The highest BCUT2D eigenvalue weighted by molar-refractivity contribution is 6.44. The molecule has 0 aliphatic rings. The van der Waals surface area contributed by atoms with Crippen LogP contribution in [0.2, 0.25) is 0 Å². The maximum absolute atomic E-state index is 12.4. The fraction of sp³-hybridized carbons (Fsp3) is 0.125. The van der Waals surface area contributed by atoms with Crippen LogP contribution in [-0.4, -0.2) is 31.0 Å². The number of ether oxygens (including phenoxy) is 2. The maximum atomic E-state index is 12.4. The van der Waals surface area contributed by atoms with Crippen LogP contribution >= 0.6 is 0 Å². The molecule has 0 amide bonds. The van der Waals surface area contributed by atoms with Gasteiger partial charge in [-0.2, -0.15) is 0 Å². The van der Waals surface area contributed by atoms with Crippen LogP contribution in [-0.2, 0) is 9.53 Å². The molecule has 0 spiro atoms. The van der Waals surface area contributed by atoms with E-state index in [-0.39, 0.29) is 5.56 Å². The van der Waals surface area contributed by atoms with Crippen molar-refractivity contribution in [2.24, 2.45) is 0 Å². The van der Waals surface area contributed by atoms with E-state index in [0.29, 0.717) is 28.1 Å². The van der Waals surface area contributed by atoms with E-state index in [1.807, 2.05) is 0 Å². The normalized spacial score (nSPS) is 10.6. The topological polar surface area (TPSA) is 81.5 Å². The van der Waals surface area contributed by atoms with Gasteiger partial charge in [-0.1, -0.05) is 0 Å². The number of nitrogens with one attached hydrogen (secondary N) is 1. The van der Waals surface area contributed by atoms with E-state index in [1.54, 1.807) is 30.3 Å². The van der Waals surface area contributed by atoms with Crippen LogP contribution in [0.4, 0.5) is 0 Å². The summed E-state index contributed by atoms with van der Waals surface area (Å²) >= 11 is 0. The summed E-state index contributed by atoms with van der Waals surface area (Å²) in [5.41, 5.74) is 1.33. The second-order valence-electron chi connectivity index (χ2n) is 4.58. The highest BCUT2D eigenvalue weighted by atomic mass is 16.5. The van der Waals surface area contributed by atoms with E-state index in [2.05, 4.69) is 9.72 Å². The molecule has 2 aromatic heterocycles. The molecule has 0 saturated carbocycles. The largest absolute Gasteiger partial charge is 0.497 e. The van der Waals surface area contributed by atoms with Crippen molar-refractivity contribution in [3.8, 4) is 17.2 Å². The molecule has 22 heavy (non-hydrogen) atoms. The van der Waals surface area contributed by atoms with Crippen LogP contribution in [0.1, 0.15) is 10.4 Å². The molecule has 6 nitrogen and oxygen atoms in total. The van der Waals surface area contributed by atoms with Gasteiger partial charge in [0, 0.05) is 10.9 Å². The smallest absolute Gasteiger partial charge is 0.379 e. The third-order valence-corrected chi connectivity index (χ3v) is 3.37. The Hall–Kier alpha value is -3.02. The lowest BCUT2D eigenvalue weighted by Crippen LogP contribution is -2.16. The highest BCUT2D eigenvalue weighted by Gasteiger charge is 2.27. The molecule has 0 unspecified atom stereocenters. The summed E-state index contributed by atoms with van der Waals surface area (Å²) < 4.78 is 15.1. The molecule has 1 aromatic carbocycles. The minimum Gasteiger partial charge on any atom is -0.497 e. The number of fused-ring (bicyclic) bond motifs is 1. The molecule has 112 valence electrons. The Kier molecular flexibility index (Phi) is 3.42. The number of furan rings is 1. The third-order valence-electron chi connectivity index (χ3n) is 3.37. The van der Waals surface area contributed by atoms with Crippen molar-refractivity contribution in [2.45, 2.75) is 0 Å². The average Bonchev–Trinajstić information content (AvgIpc) is 3.19. The quantitative estimate of drug-likeness (QED) is 0.455. The Morgan fingerprint density at radius 2 is 2.00 bits per heavy atom. The zero-order valence-electron chi connectivity index (χ0n) is 12.0. The number of rotatable bonds is 4. The lowest BCUT2D eigenvalue weighted by Gasteiger charge is -2.02. The predicted molar refractivity (Wildman–Crippen MR) is 78.9 cm³/mol. The van der Waals surface area contributed by atoms with E-state index in [4.69, 9.17) is 9.15 Å². The minimum absolute atomic E-state index is 0.204. The summed E-state index contributed by atoms with van der Waals surface area (Å²) in [5, 5.41) is 0.571. The Labute approximate surface area is 125 Å². The zero-order valence-corrected chi connectivity index (χ0v) is 12.0. The second-order valence-corrected chi connectivity index (χ2v) is 4.58. The van der Waals surface area contributed by atoms with Gasteiger partial charge in [0.2, 0.25) is 0 Å². The number of carbonyl (C=O) groups is 2. The zero-order chi connectivity index (χ0) is 15.7. The number of Topliss-reactive ketones (excluding diaryl/α,β-unsaturated/α-hetero) is 1. The van der Waals surface area contributed by atoms with Crippen molar-refractivity contribution < 1.29 is 23.5 Å². The van der Waals surface area contributed by atoms with Gasteiger partial charge in [0.1, 0.15) is 5.75 Å². The van der Waals surface area contributed by atoms with E-state index in [1.165, 1.54) is 20.5 Å². The SMILES string of the molecule is COC(=O)C(=O)c1c(-c2ccco2)[nH]c2ccc(OC)cc12.